The van der Waals surface area contributed by atoms with E-state index in [0.29, 0.717) is 5.41 Å². The lowest BCUT2D eigenvalue weighted by Gasteiger charge is -2.40. The molecule has 0 aromatic carbocycles. The van der Waals surface area contributed by atoms with Gasteiger partial charge in [0.15, 0.2) is 0 Å². The van der Waals surface area contributed by atoms with Gasteiger partial charge in [-0.15, -0.1) is 0 Å². The van der Waals surface area contributed by atoms with E-state index in [9.17, 15) is 0 Å². The first kappa shape index (κ1) is 12.3. The Morgan fingerprint density at radius 2 is 1.50 bits per heavy atom. The van der Waals surface area contributed by atoms with Crippen molar-refractivity contribution in [3.63, 3.8) is 0 Å². The van der Waals surface area contributed by atoms with Crippen LogP contribution in [-0.2, 0) is 0 Å². The minimum absolute atomic E-state index is 0.616. The summed E-state index contributed by atoms with van der Waals surface area (Å²) in [6.07, 6.45) is 7.45. The fourth-order valence-corrected chi connectivity index (χ4v) is 6.42. The van der Waals surface area contributed by atoms with Crippen LogP contribution in [0.4, 0.5) is 0 Å². The van der Waals surface area contributed by atoms with E-state index in [1.807, 2.05) is 0 Å². The van der Waals surface area contributed by atoms with Gasteiger partial charge in [-0.2, -0.15) is 0 Å². The number of rotatable bonds is 3. The monoisotopic (exact) mass is 212 g/mol. The Labute approximate surface area is 91.5 Å². The van der Waals surface area contributed by atoms with Gasteiger partial charge in [0.25, 0.3) is 0 Å². The molecule has 1 fully saturated rings. The zero-order valence-electron chi connectivity index (χ0n) is 10.8. The van der Waals surface area contributed by atoms with Crippen molar-refractivity contribution in [2.24, 2.45) is 11.3 Å². The van der Waals surface area contributed by atoms with Gasteiger partial charge in [-0.3, -0.25) is 0 Å². The molecular weight excluding hydrogens is 184 g/mol. The van der Waals surface area contributed by atoms with Gasteiger partial charge < -0.3 is 0 Å². The molecule has 1 aliphatic carbocycles. The minimum Gasteiger partial charge on any atom is -0.0695 e. The maximum Gasteiger partial charge on any atom is 0.0448 e. The van der Waals surface area contributed by atoms with Gasteiger partial charge in [0, 0.05) is 8.07 Å². The summed E-state index contributed by atoms with van der Waals surface area (Å²) in [6, 6.07) is 1.50. The lowest BCUT2D eigenvalue weighted by molar-refractivity contribution is 0.178. The molecule has 0 spiro atoms. The molecule has 0 atom stereocenters. The summed E-state index contributed by atoms with van der Waals surface area (Å²) < 4.78 is 0. The smallest absolute Gasteiger partial charge is 0.0448 e. The van der Waals surface area contributed by atoms with Gasteiger partial charge in [-0.25, -0.2) is 0 Å². The second kappa shape index (κ2) is 4.38. The molecule has 0 radical (unpaired) electrons. The van der Waals surface area contributed by atoms with Gasteiger partial charge in [-0.05, 0) is 24.2 Å². The van der Waals surface area contributed by atoms with Gasteiger partial charge in [-0.1, -0.05) is 58.8 Å². The van der Waals surface area contributed by atoms with Crippen LogP contribution in [-0.4, -0.2) is 8.07 Å². The highest BCUT2D eigenvalue weighted by Crippen LogP contribution is 2.43. The standard InChI is InChI=1S/C13H28Si/c1-13(2,11-14(3,4)5)12-9-7-6-8-10-12/h12H,6-11H2,1-5H3. The second-order valence-corrected chi connectivity index (χ2v) is 12.5. The van der Waals surface area contributed by atoms with Crippen LogP contribution in [0.3, 0.4) is 0 Å². The number of hydrogen-bond acceptors (Lipinski definition) is 0. The Balaban J connectivity index is 2.54. The normalized spacial score (nSPS) is 21.2. The van der Waals surface area contributed by atoms with Crippen LogP contribution in [0.25, 0.3) is 0 Å². The molecule has 0 N–H and O–H groups in total. The molecule has 0 aromatic heterocycles. The van der Waals surface area contributed by atoms with Crippen LogP contribution >= 0.6 is 0 Å². The van der Waals surface area contributed by atoms with E-state index in [-0.39, 0.29) is 0 Å². The number of hydrogen-bond donors (Lipinski definition) is 0. The van der Waals surface area contributed by atoms with Gasteiger partial charge in [0.1, 0.15) is 0 Å². The predicted octanol–water partition coefficient (Wildman–Crippen LogP) is 4.93. The van der Waals surface area contributed by atoms with Crippen molar-refractivity contribution >= 4 is 8.07 Å². The summed E-state index contributed by atoms with van der Waals surface area (Å²) in [5.74, 6) is 1.02. The average Bonchev–Trinajstić information content (AvgIpc) is 2.01. The van der Waals surface area contributed by atoms with E-state index in [4.69, 9.17) is 0 Å². The van der Waals surface area contributed by atoms with Gasteiger partial charge in [0.05, 0.1) is 0 Å². The molecule has 0 aliphatic heterocycles. The molecule has 1 heteroatoms. The first-order chi connectivity index (χ1) is 6.31. The molecule has 0 bridgehead atoms. The van der Waals surface area contributed by atoms with Gasteiger partial charge in [0.2, 0.25) is 0 Å². The molecule has 0 nitrogen and oxygen atoms in total. The topological polar surface area (TPSA) is 0 Å². The fourth-order valence-electron chi connectivity index (χ4n) is 3.40. The molecular formula is C13H28Si. The third-order valence-electron chi connectivity index (χ3n) is 3.70. The molecule has 0 unspecified atom stereocenters. The molecule has 1 rings (SSSR count). The molecule has 0 heterocycles. The van der Waals surface area contributed by atoms with Crippen LogP contribution in [0.2, 0.25) is 25.7 Å². The zero-order valence-corrected chi connectivity index (χ0v) is 11.8. The SMILES string of the molecule is CC(C)(C[Si](C)(C)C)C1CCCCC1. The summed E-state index contributed by atoms with van der Waals surface area (Å²) in [7, 11) is -0.877. The lowest BCUT2D eigenvalue weighted by atomic mass is 9.72. The summed E-state index contributed by atoms with van der Waals surface area (Å²) in [4.78, 5) is 0. The van der Waals surface area contributed by atoms with Crippen molar-refractivity contribution in [3.05, 3.63) is 0 Å². The molecule has 0 amide bonds. The first-order valence-corrected chi connectivity index (χ1v) is 10.0. The maximum absolute atomic E-state index is 2.52. The third kappa shape index (κ3) is 3.76. The highest BCUT2D eigenvalue weighted by Gasteiger charge is 2.34. The van der Waals surface area contributed by atoms with Crippen LogP contribution in [0.15, 0.2) is 0 Å². The van der Waals surface area contributed by atoms with E-state index in [0.717, 1.165) is 5.92 Å². The van der Waals surface area contributed by atoms with Crippen molar-refractivity contribution in [2.45, 2.75) is 71.6 Å². The van der Waals surface area contributed by atoms with Crippen molar-refractivity contribution < 1.29 is 0 Å². The highest BCUT2D eigenvalue weighted by atomic mass is 28.3. The Morgan fingerprint density at radius 1 is 1.00 bits per heavy atom. The lowest BCUT2D eigenvalue weighted by Crippen LogP contribution is -2.34. The van der Waals surface area contributed by atoms with Gasteiger partial charge >= 0.3 is 0 Å². The maximum atomic E-state index is 2.52. The quantitative estimate of drug-likeness (QED) is 0.582. The van der Waals surface area contributed by atoms with Crippen molar-refractivity contribution in [1.82, 2.24) is 0 Å². The molecule has 1 aliphatic rings. The molecule has 0 saturated heterocycles. The van der Waals surface area contributed by atoms with Crippen molar-refractivity contribution in [2.75, 3.05) is 0 Å². The average molecular weight is 212 g/mol. The molecule has 14 heavy (non-hydrogen) atoms. The molecule has 84 valence electrons. The first-order valence-electron chi connectivity index (χ1n) is 6.31. The van der Waals surface area contributed by atoms with Crippen LogP contribution in [0.1, 0.15) is 46.0 Å². The minimum atomic E-state index is -0.877. The molecule has 1 saturated carbocycles. The van der Waals surface area contributed by atoms with E-state index in [1.54, 1.807) is 0 Å². The van der Waals surface area contributed by atoms with E-state index in [2.05, 4.69) is 33.5 Å². The van der Waals surface area contributed by atoms with Crippen LogP contribution < -0.4 is 0 Å². The Hall–Kier alpha value is 0.217. The molecule has 0 aromatic rings. The Morgan fingerprint density at radius 3 is 1.93 bits per heavy atom. The summed E-state index contributed by atoms with van der Waals surface area (Å²) in [5, 5.41) is 0. The highest BCUT2D eigenvalue weighted by molar-refractivity contribution is 6.76. The van der Waals surface area contributed by atoms with E-state index < -0.39 is 8.07 Å². The largest absolute Gasteiger partial charge is 0.0695 e. The van der Waals surface area contributed by atoms with Crippen LogP contribution in [0.5, 0.6) is 0 Å². The summed E-state index contributed by atoms with van der Waals surface area (Å²) >= 11 is 0. The Bertz CT molecular complexity index is 170. The van der Waals surface area contributed by atoms with Crippen molar-refractivity contribution in [3.8, 4) is 0 Å². The van der Waals surface area contributed by atoms with E-state index >= 15 is 0 Å². The predicted molar refractivity (Wildman–Crippen MR) is 68.5 cm³/mol. The third-order valence-corrected chi connectivity index (χ3v) is 5.67. The fraction of sp³-hybridized carbons (Fsp3) is 1.00. The van der Waals surface area contributed by atoms with Crippen molar-refractivity contribution in [1.29, 1.82) is 0 Å². The second-order valence-electron chi connectivity index (χ2n) is 7.06. The zero-order chi connectivity index (χ0) is 10.8. The summed E-state index contributed by atoms with van der Waals surface area (Å²) in [6.45, 7) is 12.6. The van der Waals surface area contributed by atoms with Crippen LogP contribution in [0, 0.1) is 11.3 Å². The summed E-state index contributed by atoms with van der Waals surface area (Å²) in [5.41, 5.74) is 0.616. The van der Waals surface area contributed by atoms with E-state index in [1.165, 1.54) is 38.1 Å². The Kier molecular flexibility index (Phi) is 3.85.